The van der Waals surface area contributed by atoms with Crippen LogP contribution < -0.4 is 9.47 Å². The van der Waals surface area contributed by atoms with Crippen molar-refractivity contribution in [2.45, 2.75) is 37.0 Å². The van der Waals surface area contributed by atoms with Crippen molar-refractivity contribution in [2.75, 3.05) is 0 Å². The first-order valence-corrected chi connectivity index (χ1v) is 19.9. The summed E-state index contributed by atoms with van der Waals surface area (Å²) in [6, 6.07) is 57.3. The summed E-state index contributed by atoms with van der Waals surface area (Å²) in [4.78, 5) is 0. The number of para-hydroxylation sites is 1. The molecule has 2 unspecified atom stereocenters. The van der Waals surface area contributed by atoms with E-state index in [4.69, 9.17) is 9.47 Å². The first-order valence-electron chi connectivity index (χ1n) is 19.9. The number of fused-ring (bicyclic) bond motifs is 7. The molecule has 2 nitrogen and oxygen atoms in total. The van der Waals surface area contributed by atoms with Gasteiger partial charge in [0.2, 0.25) is 0 Å². The van der Waals surface area contributed by atoms with E-state index in [1.54, 1.807) is 0 Å². The predicted molar refractivity (Wildman–Crippen MR) is 229 cm³/mol. The van der Waals surface area contributed by atoms with E-state index < -0.39 is 5.41 Å². The smallest absolute Gasteiger partial charge is 0.178 e. The molecule has 0 spiro atoms. The Morgan fingerprint density at radius 2 is 1.27 bits per heavy atom. The van der Waals surface area contributed by atoms with Crippen molar-refractivity contribution in [1.82, 2.24) is 0 Å². The summed E-state index contributed by atoms with van der Waals surface area (Å²) in [7, 11) is 0. The predicted octanol–water partition coefficient (Wildman–Crippen LogP) is 14.3. The minimum absolute atomic E-state index is 0.0421. The standard InChI is InChI=1S/C54H40O2/c1-4-18-37(19-5-1)50(39-32-31-36-17-10-11-20-38(36)35-39)43-26-13-12-25-42(43)44-28-16-30-48-52(44)56-53-49(55-48)34-33-47-51(53)45-27-14-15-29-46(45)54(47,40-21-6-2-7-22-40)41-23-8-3-9-24-41/h1-8,10-11,13-23,26-35,50H,9,12,24-25H2. The van der Waals surface area contributed by atoms with Crippen molar-refractivity contribution in [3.05, 3.63) is 233 Å². The highest BCUT2D eigenvalue weighted by Crippen LogP contribution is 2.63. The molecule has 7 aromatic carbocycles. The maximum absolute atomic E-state index is 7.36. The van der Waals surface area contributed by atoms with Gasteiger partial charge in [-0.05, 0) is 93.1 Å². The molecule has 0 aromatic heterocycles. The average Bonchev–Trinajstić information content (AvgIpc) is 3.58. The zero-order valence-electron chi connectivity index (χ0n) is 31.1. The minimum Gasteiger partial charge on any atom is -0.449 e. The van der Waals surface area contributed by atoms with Crippen LogP contribution >= 0.6 is 0 Å². The number of hydrogen-bond donors (Lipinski definition) is 0. The summed E-state index contributed by atoms with van der Waals surface area (Å²) in [5.41, 5.74) is 13.3. The lowest BCUT2D eigenvalue weighted by Gasteiger charge is -2.37. The number of allylic oxidation sites excluding steroid dienone is 8. The summed E-state index contributed by atoms with van der Waals surface area (Å²) >= 11 is 0. The topological polar surface area (TPSA) is 18.5 Å². The van der Waals surface area contributed by atoms with Gasteiger partial charge in [0.05, 0.1) is 5.41 Å². The number of ether oxygens (including phenoxy) is 2. The van der Waals surface area contributed by atoms with E-state index in [2.05, 4.69) is 182 Å². The van der Waals surface area contributed by atoms with Gasteiger partial charge in [0.25, 0.3) is 0 Å². The third kappa shape index (κ3) is 5.02. The Bertz CT molecular complexity index is 2800. The van der Waals surface area contributed by atoms with Gasteiger partial charge >= 0.3 is 0 Å². The van der Waals surface area contributed by atoms with Gasteiger partial charge in [0.15, 0.2) is 23.0 Å². The van der Waals surface area contributed by atoms with Crippen LogP contribution in [0.5, 0.6) is 23.0 Å². The Hall–Kier alpha value is -6.64. The zero-order chi connectivity index (χ0) is 37.1. The lowest BCUT2D eigenvalue weighted by Crippen LogP contribution is -2.30. The van der Waals surface area contributed by atoms with Crippen LogP contribution in [-0.4, -0.2) is 0 Å². The van der Waals surface area contributed by atoms with Gasteiger partial charge in [0, 0.05) is 17.0 Å². The van der Waals surface area contributed by atoms with E-state index in [1.807, 2.05) is 6.07 Å². The van der Waals surface area contributed by atoms with Crippen molar-refractivity contribution in [2.24, 2.45) is 0 Å². The van der Waals surface area contributed by atoms with Gasteiger partial charge in [-0.2, -0.15) is 0 Å². The SMILES string of the molecule is C1=CCCC(C2(c3ccccc3)c3ccccc3-c3c2ccc2c3Oc3c(cccc3C3=C(C(c4ccccc4)c4ccc5ccccc5c4)C=CCC3)O2)=C1. The molecule has 0 bridgehead atoms. The van der Waals surface area contributed by atoms with Gasteiger partial charge in [-0.15, -0.1) is 0 Å². The lowest BCUT2D eigenvalue weighted by molar-refractivity contribution is 0.359. The van der Waals surface area contributed by atoms with Crippen LogP contribution in [0, 0.1) is 0 Å². The Morgan fingerprint density at radius 3 is 2.12 bits per heavy atom. The molecule has 1 aliphatic heterocycles. The van der Waals surface area contributed by atoms with E-state index >= 15 is 0 Å². The van der Waals surface area contributed by atoms with Crippen molar-refractivity contribution >= 4 is 16.3 Å². The van der Waals surface area contributed by atoms with E-state index in [1.165, 1.54) is 60.9 Å². The molecular formula is C54H40O2. The summed E-state index contributed by atoms with van der Waals surface area (Å²) in [6.45, 7) is 0. The molecule has 4 aliphatic rings. The van der Waals surface area contributed by atoms with Gasteiger partial charge in [-0.1, -0.05) is 182 Å². The van der Waals surface area contributed by atoms with E-state index in [-0.39, 0.29) is 5.92 Å². The molecule has 0 saturated carbocycles. The van der Waals surface area contributed by atoms with Gasteiger partial charge in [0.1, 0.15) is 0 Å². The van der Waals surface area contributed by atoms with Crippen molar-refractivity contribution < 1.29 is 9.47 Å². The highest BCUT2D eigenvalue weighted by molar-refractivity contribution is 5.93. The van der Waals surface area contributed by atoms with Crippen LogP contribution in [0.25, 0.3) is 27.5 Å². The fourth-order valence-corrected chi connectivity index (χ4v) is 9.93. The second-order valence-electron chi connectivity index (χ2n) is 15.3. The lowest BCUT2D eigenvalue weighted by atomic mass is 9.65. The molecule has 0 saturated heterocycles. The molecule has 2 atom stereocenters. The fraction of sp³-hybridized carbons (Fsp3) is 0.111. The summed E-state index contributed by atoms with van der Waals surface area (Å²) < 4.78 is 14.2. The highest BCUT2D eigenvalue weighted by Gasteiger charge is 2.49. The maximum Gasteiger partial charge on any atom is 0.178 e. The van der Waals surface area contributed by atoms with Crippen LogP contribution in [0.2, 0.25) is 0 Å². The maximum atomic E-state index is 7.36. The van der Waals surface area contributed by atoms with Crippen molar-refractivity contribution in [3.8, 4) is 34.1 Å². The normalized spacial score (nSPS) is 18.2. The number of rotatable bonds is 6. The molecule has 3 aliphatic carbocycles. The molecule has 0 fully saturated rings. The molecule has 11 rings (SSSR count). The van der Waals surface area contributed by atoms with E-state index in [0.29, 0.717) is 0 Å². The van der Waals surface area contributed by atoms with Gasteiger partial charge < -0.3 is 9.47 Å². The Kier molecular flexibility index (Phi) is 7.77. The van der Waals surface area contributed by atoms with Crippen LogP contribution in [0.3, 0.4) is 0 Å². The zero-order valence-corrected chi connectivity index (χ0v) is 31.1. The first-order chi connectivity index (χ1) is 27.8. The first kappa shape index (κ1) is 32.8. The number of hydrogen-bond acceptors (Lipinski definition) is 2. The molecule has 2 heteroatoms. The fourth-order valence-electron chi connectivity index (χ4n) is 9.93. The highest BCUT2D eigenvalue weighted by atomic mass is 16.6. The van der Waals surface area contributed by atoms with Crippen molar-refractivity contribution in [3.63, 3.8) is 0 Å². The molecule has 268 valence electrons. The van der Waals surface area contributed by atoms with Crippen molar-refractivity contribution in [1.29, 1.82) is 0 Å². The summed E-state index contributed by atoms with van der Waals surface area (Å²) in [5.74, 6) is 3.12. The summed E-state index contributed by atoms with van der Waals surface area (Å²) in [6.07, 6.45) is 15.4. The molecule has 1 heterocycles. The van der Waals surface area contributed by atoms with Crippen LogP contribution in [0.15, 0.2) is 199 Å². The molecule has 0 radical (unpaired) electrons. The van der Waals surface area contributed by atoms with Crippen LogP contribution in [-0.2, 0) is 5.41 Å². The Balaban J connectivity index is 1.11. The molecule has 0 amide bonds. The second-order valence-corrected chi connectivity index (χ2v) is 15.3. The average molecular weight is 721 g/mol. The largest absolute Gasteiger partial charge is 0.449 e. The monoisotopic (exact) mass is 720 g/mol. The second kappa shape index (κ2) is 13.3. The molecule has 0 N–H and O–H groups in total. The van der Waals surface area contributed by atoms with Gasteiger partial charge in [-0.3, -0.25) is 0 Å². The molecule has 7 aromatic rings. The minimum atomic E-state index is -0.442. The quantitative estimate of drug-likeness (QED) is 0.170. The Morgan fingerprint density at radius 1 is 0.518 bits per heavy atom. The Labute approximate surface area is 328 Å². The van der Waals surface area contributed by atoms with Crippen LogP contribution in [0.1, 0.15) is 65.0 Å². The third-order valence-electron chi connectivity index (χ3n) is 12.3. The van der Waals surface area contributed by atoms with E-state index in [9.17, 15) is 0 Å². The third-order valence-corrected chi connectivity index (χ3v) is 12.3. The molecule has 56 heavy (non-hydrogen) atoms. The van der Waals surface area contributed by atoms with Crippen LogP contribution in [0.4, 0.5) is 0 Å². The number of benzene rings is 7. The molecular weight excluding hydrogens is 681 g/mol. The van der Waals surface area contributed by atoms with Gasteiger partial charge in [-0.25, -0.2) is 0 Å². The van der Waals surface area contributed by atoms with E-state index in [0.717, 1.165) is 59.8 Å². The summed E-state index contributed by atoms with van der Waals surface area (Å²) in [5, 5.41) is 2.50.